The fraction of sp³-hybridized carbons (Fsp3) is 0.625. The van der Waals surface area contributed by atoms with Gasteiger partial charge in [-0.1, -0.05) is 6.92 Å². The van der Waals surface area contributed by atoms with Crippen LogP contribution in [0.4, 0.5) is 0 Å². The predicted molar refractivity (Wildman–Crippen MR) is 77.5 cm³/mol. The molecule has 1 aromatic carbocycles. The molecule has 0 spiro atoms. The van der Waals surface area contributed by atoms with E-state index in [9.17, 15) is 0 Å². The largest absolute Gasteiger partial charge is 0.493 e. The Morgan fingerprint density at radius 3 is 3.10 bits per heavy atom. The molecule has 2 aliphatic heterocycles. The number of hydrogen-bond acceptors (Lipinski definition) is 4. The average Bonchev–Trinajstić information content (AvgIpc) is 2.91. The van der Waals surface area contributed by atoms with Crippen LogP contribution in [0.5, 0.6) is 17.2 Å². The number of ether oxygens (including phenoxy) is 3. The summed E-state index contributed by atoms with van der Waals surface area (Å²) in [7, 11) is 0. The fourth-order valence-corrected chi connectivity index (χ4v) is 2.93. The smallest absolute Gasteiger partial charge is 0.231 e. The maximum Gasteiger partial charge on any atom is 0.231 e. The second-order valence-corrected chi connectivity index (χ2v) is 5.77. The highest BCUT2D eigenvalue weighted by Crippen LogP contribution is 2.35. The maximum absolute atomic E-state index is 5.79. The molecule has 0 aliphatic carbocycles. The number of likely N-dealkylation sites (tertiary alicyclic amines) is 1. The van der Waals surface area contributed by atoms with Gasteiger partial charge in [-0.15, -0.1) is 0 Å². The number of hydrogen-bond donors (Lipinski definition) is 0. The SMILES string of the molecule is CC1CCCN(CCCOc2ccc3c(c2)OCO3)C1. The van der Waals surface area contributed by atoms with E-state index >= 15 is 0 Å². The zero-order valence-corrected chi connectivity index (χ0v) is 12.1. The van der Waals surface area contributed by atoms with E-state index in [-0.39, 0.29) is 0 Å². The number of rotatable bonds is 5. The third-order valence-corrected chi connectivity index (χ3v) is 3.97. The quantitative estimate of drug-likeness (QED) is 0.774. The molecule has 3 rings (SSSR count). The third kappa shape index (κ3) is 3.37. The van der Waals surface area contributed by atoms with Gasteiger partial charge in [-0.2, -0.15) is 0 Å². The molecule has 1 saturated heterocycles. The molecule has 0 radical (unpaired) electrons. The van der Waals surface area contributed by atoms with Crippen LogP contribution >= 0.6 is 0 Å². The lowest BCUT2D eigenvalue weighted by atomic mass is 10.0. The molecule has 0 saturated carbocycles. The molecule has 0 amide bonds. The molecule has 1 unspecified atom stereocenters. The highest BCUT2D eigenvalue weighted by Gasteiger charge is 2.16. The molecule has 1 fully saturated rings. The summed E-state index contributed by atoms with van der Waals surface area (Å²) in [5.74, 6) is 3.30. The highest BCUT2D eigenvalue weighted by molar-refractivity contribution is 5.46. The second-order valence-electron chi connectivity index (χ2n) is 5.77. The summed E-state index contributed by atoms with van der Waals surface area (Å²) in [6.45, 7) is 7.03. The first-order valence-corrected chi connectivity index (χ1v) is 7.56. The van der Waals surface area contributed by atoms with Crippen LogP contribution in [0.1, 0.15) is 26.2 Å². The first kappa shape index (κ1) is 13.6. The number of piperidine rings is 1. The maximum atomic E-state index is 5.79. The minimum Gasteiger partial charge on any atom is -0.493 e. The molecule has 20 heavy (non-hydrogen) atoms. The Morgan fingerprint density at radius 2 is 2.20 bits per heavy atom. The normalized spacial score (nSPS) is 21.9. The molecule has 0 N–H and O–H groups in total. The topological polar surface area (TPSA) is 30.9 Å². The monoisotopic (exact) mass is 277 g/mol. The van der Waals surface area contributed by atoms with Crippen LogP contribution in [0, 0.1) is 5.92 Å². The summed E-state index contributed by atoms with van der Waals surface area (Å²) in [5, 5.41) is 0. The van der Waals surface area contributed by atoms with Gasteiger partial charge in [0.15, 0.2) is 11.5 Å². The summed E-state index contributed by atoms with van der Waals surface area (Å²) < 4.78 is 16.4. The summed E-state index contributed by atoms with van der Waals surface area (Å²) in [5.41, 5.74) is 0. The van der Waals surface area contributed by atoms with Gasteiger partial charge in [0.25, 0.3) is 0 Å². The average molecular weight is 277 g/mol. The molecule has 110 valence electrons. The number of benzene rings is 1. The van der Waals surface area contributed by atoms with E-state index in [0.717, 1.165) is 42.7 Å². The Bertz CT molecular complexity index is 449. The molecule has 0 aromatic heterocycles. The van der Waals surface area contributed by atoms with Crippen molar-refractivity contribution in [3.63, 3.8) is 0 Å². The Balaban J connectivity index is 1.39. The van der Waals surface area contributed by atoms with Gasteiger partial charge in [-0.05, 0) is 43.9 Å². The highest BCUT2D eigenvalue weighted by atomic mass is 16.7. The molecule has 2 heterocycles. The van der Waals surface area contributed by atoms with Gasteiger partial charge in [0.2, 0.25) is 6.79 Å². The molecule has 0 bridgehead atoms. The lowest BCUT2D eigenvalue weighted by molar-refractivity contribution is 0.169. The van der Waals surface area contributed by atoms with E-state index in [0.29, 0.717) is 6.79 Å². The zero-order valence-electron chi connectivity index (χ0n) is 12.1. The molecule has 1 aromatic rings. The first-order chi connectivity index (χ1) is 9.81. The van der Waals surface area contributed by atoms with Crippen LogP contribution < -0.4 is 14.2 Å². The Morgan fingerprint density at radius 1 is 1.30 bits per heavy atom. The van der Waals surface area contributed by atoms with E-state index in [2.05, 4.69) is 11.8 Å². The van der Waals surface area contributed by atoms with Crippen molar-refractivity contribution < 1.29 is 14.2 Å². The van der Waals surface area contributed by atoms with E-state index in [1.54, 1.807) is 0 Å². The van der Waals surface area contributed by atoms with Crippen molar-refractivity contribution in [2.75, 3.05) is 33.0 Å². The summed E-state index contributed by atoms with van der Waals surface area (Å²) in [6.07, 6.45) is 3.79. The second kappa shape index (κ2) is 6.35. The van der Waals surface area contributed by atoms with Crippen molar-refractivity contribution in [1.82, 2.24) is 4.90 Å². The third-order valence-electron chi connectivity index (χ3n) is 3.97. The molecule has 4 nitrogen and oxygen atoms in total. The molecular formula is C16H23NO3. The van der Waals surface area contributed by atoms with Crippen molar-refractivity contribution in [1.29, 1.82) is 0 Å². The van der Waals surface area contributed by atoms with Crippen molar-refractivity contribution >= 4 is 0 Å². The minimum atomic E-state index is 0.311. The van der Waals surface area contributed by atoms with E-state index < -0.39 is 0 Å². The lowest BCUT2D eigenvalue weighted by Crippen LogP contribution is -2.35. The Hall–Kier alpha value is -1.42. The first-order valence-electron chi connectivity index (χ1n) is 7.56. The van der Waals surface area contributed by atoms with Gasteiger partial charge < -0.3 is 19.1 Å². The van der Waals surface area contributed by atoms with Crippen LogP contribution in [0.3, 0.4) is 0 Å². The zero-order chi connectivity index (χ0) is 13.8. The van der Waals surface area contributed by atoms with Crippen LogP contribution in [0.15, 0.2) is 18.2 Å². The fourth-order valence-electron chi connectivity index (χ4n) is 2.93. The van der Waals surface area contributed by atoms with Crippen LogP contribution in [-0.4, -0.2) is 37.9 Å². The van der Waals surface area contributed by atoms with Crippen molar-refractivity contribution in [2.45, 2.75) is 26.2 Å². The van der Waals surface area contributed by atoms with Crippen molar-refractivity contribution in [2.24, 2.45) is 5.92 Å². The summed E-state index contributed by atoms with van der Waals surface area (Å²) >= 11 is 0. The molecular weight excluding hydrogens is 254 g/mol. The Labute approximate surface area is 120 Å². The van der Waals surface area contributed by atoms with Gasteiger partial charge >= 0.3 is 0 Å². The van der Waals surface area contributed by atoms with Gasteiger partial charge in [-0.3, -0.25) is 0 Å². The lowest BCUT2D eigenvalue weighted by Gasteiger charge is -2.30. The molecule has 2 aliphatic rings. The van der Waals surface area contributed by atoms with E-state index in [1.807, 2.05) is 18.2 Å². The summed E-state index contributed by atoms with van der Waals surface area (Å²) in [4.78, 5) is 2.55. The molecule has 1 atom stereocenters. The van der Waals surface area contributed by atoms with Crippen molar-refractivity contribution in [3.05, 3.63) is 18.2 Å². The van der Waals surface area contributed by atoms with E-state index in [1.165, 1.54) is 25.9 Å². The number of nitrogens with zero attached hydrogens (tertiary/aromatic N) is 1. The van der Waals surface area contributed by atoms with E-state index in [4.69, 9.17) is 14.2 Å². The number of fused-ring (bicyclic) bond motifs is 1. The van der Waals surface area contributed by atoms with Gasteiger partial charge in [0.1, 0.15) is 5.75 Å². The van der Waals surface area contributed by atoms with Gasteiger partial charge in [0, 0.05) is 19.2 Å². The predicted octanol–water partition coefficient (Wildman–Crippen LogP) is 2.92. The van der Waals surface area contributed by atoms with Crippen LogP contribution in [-0.2, 0) is 0 Å². The van der Waals surface area contributed by atoms with Crippen molar-refractivity contribution in [3.8, 4) is 17.2 Å². The Kier molecular flexibility index (Phi) is 4.31. The minimum absolute atomic E-state index is 0.311. The van der Waals surface area contributed by atoms with Crippen LogP contribution in [0.2, 0.25) is 0 Å². The molecule has 4 heteroatoms. The van der Waals surface area contributed by atoms with Crippen LogP contribution in [0.25, 0.3) is 0 Å². The van der Waals surface area contributed by atoms with Gasteiger partial charge in [-0.25, -0.2) is 0 Å². The van der Waals surface area contributed by atoms with Gasteiger partial charge in [0.05, 0.1) is 6.61 Å². The summed E-state index contributed by atoms with van der Waals surface area (Å²) in [6, 6.07) is 5.76. The standard InChI is InChI=1S/C16H23NO3/c1-13-4-2-7-17(11-13)8-3-9-18-14-5-6-15-16(10-14)20-12-19-15/h5-6,10,13H,2-4,7-9,11-12H2,1H3.